The molecule has 0 saturated carbocycles. The third-order valence-corrected chi connectivity index (χ3v) is 6.79. The minimum Gasteiger partial charge on any atom is -0.379 e. The molecule has 31 heavy (non-hydrogen) atoms. The van der Waals surface area contributed by atoms with Gasteiger partial charge >= 0.3 is 0 Å². The number of morpholine rings is 1. The van der Waals surface area contributed by atoms with E-state index in [-0.39, 0.29) is 22.9 Å². The van der Waals surface area contributed by atoms with Crippen molar-refractivity contribution in [2.45, 2.75) is 59.2 Å². The second-order valence-electron chi connectivity index (χ2n) is 10.7. The summed E-state index contributed by atoms with van der Waals surface area (Å²) in [5.74, 6) is 0.0691. The lowest BCUT2D eigenvalue weighted by Gasteiger charge is -2.41. The average Bonchev–Trinajstić information content (AvgIpc) is 2.75. The van der Waals surface area contributed by atoms with Gasteiger partial charge in [-0.05, 0) is 36.8 Å². The highest BCUT2D eigenvalue weighted by Crippen LogP contribution is 2.24. The molecule has 0 radical (unpaired) electrons. The standard InChI is InChI=1S/C25H42N4O2/c1-24(2,3)22(18-28-11-10-20-8-6-7-9-21(20)17-28)26-16-23(30)27-19-25(4,5)29-12-14-31-15-13-29/h6-9,22,26H,10-19H2,1-5H3,(H,27,30)/t22-/m1/s1. The predicted octanol–water partition coefficient (Wildman–Crippen LogP) is 2.28. The van der Waals surface area contributed by atoms with E-state index >= 15 is 0 Å². The van der Waals surface area contributed by atoms with Gasteiger partial charge in [0.2, 0.25) is 5.91 Å². The normalized spacial score (nSPS) is 19.6. The molecule has 2 heterocycles. The molecule has 6 nitrogen and oxygen atoms in total. The Morgan fingerprint density at radius 1 is 1.06 bits per heavy atom. The van der Waals surface area contributed by atoms with E-state index in [1.54, 1.807) is 0 Å². The fourth-order valence-electron chi connectivity index (χ4n) is 4.49. The first-order valence-electron chi connectivity index (χ1n) is 11.8. The molecule has 1 aromatic carbocycles. The van der Waals surface area contributed by atoms with Crippen molar-refractivity contribution in [3.63, 3.8) is 0 Å². The van der Waals surface area contributed by atoms with Crippen LogP contribution in [0.1, 0.15) is 45.7 Å². The summed E-state index contributed by atoms with van der Waals surface area (Å²) in [6, 6.07) is 8.99. The Bertz CT molecular complexity index is 722. The van der Waals surface area contributed by atoms with Crippen LogP contribution in [0.5, 0.6) is 0 Å². The molecule has 1 atom stereocenters. The molecule has 2 aliphatic rings. The van der Waals surface area contributed by atoms with Gasteiger partial charge in [-0.1, -0.05) is 45.0 Å². The lowest BCUT2D eigenvalue weighted by atomic mass is 9.85. The molecular weight excluding hydrogens is 388 g/mol. The molecule has 0 spiro atoms. The van der Waals surface area contributed by atoms with E-state index in [1.165, 1.54) is 11.1 Å². The molecule has 1 amide bonds. The summed E-state index contributed by atoms with van der Waals surface area (Å²) < 4.78 is 5.46. The molecule has 0 aliphatic carbocycles. The SMILES string of the molecule is CC(C)(C)[C@@H](CN1CCc2ccccc2C1)NCC(=O)NCC(C)(C)N1CCOCC1. The van der Waals surface area contributed by atoms with E-state index in [9.17, 15) is 4.79 Å². The number of benzene rings is 1. The summed E-state index contributed by atoms with van der Waals surface area (Å²) in [6.45, 7) is 18.5. The van der Waals surface area contributed by atoms with Gasteiger partial charge in [0.25, 0.3) is 0 Å². The fourth-order valence-corrected chi connectivity index (χ4v) is 4.49. The van der Waals surface area contributed by atoms with Crippen molar-refractivity contribution in [2.24, 2.45) is 5.41 Å². The van der Waals surface area contributed by atoms with E-state index in [2.05, 4.69) is 79.3 Å². The second kappa shape index (κ2) is 10.4. The van der Waals surface area contributed by atoms with E-state index < -0.39 is 0 Å². The third kappa shape index (κ3) is 7.01. The van der Waals surface area contributed by atoms with E-state index in [4.69, 9.17) is 4.74 Å². The van der Waals surface area contributed by atoms with Crippen LogP contribution >= 0.6 is 0 Å². The van der Waals surface area contributed by atoms with Gasteiger partial charge in [-0.2, -0.15) is 0 Å². The first-order chi connectivity index (χ1) is 14.6. The molecule has 0 aromatic heterocycles. The Balaban J connectivity index is 1.48. The van der Waals surface area contributed by atoms with Gasteiger partial charge < -0.3 is 15.4 Å². The van der Waals surface area contributed by atoms with Gasteiger partial charge in [-0.3, -0.25) is 14.6 Å². The molecule has 174 valence electrons. The number of amides is 1. The quantitative estimate of drug-likeness (QED) is 0.663. The zero-order valence-electron chi connectivity index (χ0n) is 20.2. The number of fused-ring (bicyclic) bond motifs is 1. The van der Waals surface area contributed by atoms with Gasteiger partial charge in [0.1, 0.15) is 0 Å². The molecule has 3 rings (SSSR count). The summed E-state index contributed by atoms with van der Waals surface area (Å²) in [5, 5.41) is 6.71. The number of ether oxygens (including phenoxy) is 1. The highest BCUT2D eigenvalue weighted by atomic mass is 16.5. The largest absolute Gasteiger partial charge is 0.379 e. The van der Waals surface area contributed by atoms with Gasteiger partial charge in [0.15, 0.2) is 0 Å². The van der Waals surface area contributed by atoms with Crippen molar-refractivity contribution < 1.29 is 9.53 Å². The van der Waals surface area contributed by atoms with Crippen LogP contribution < -0.4 is 10.6 Å². The second-order valence-corrected chi connectivity index (χ2v) is 10.7. The summed E-state index contributed by atoms with van der Waals surface area (Å²) in [7, 11) is 0. The van der Waals surface area contributed by atoms with Crippen LogP contribution in [-0.2, 0) is 22.5 Å². The van der Waals surface area contributed by atoms with E-state index in [0.717, 1.165) is 52.4 Å². The number of nitrogens with zero attached hydrogens (tertiary/aromatic N) is 2. The zero-order valence-corrected chi connectivity index (χ0v) is 20.2. The Labute approximate surface area is 188 Å². The first-order valence-corrected chi connectivity index (χ1v) is 11.8. The lowest BCUT2D eigenvalue weighted by Crippen LogP contribution is -2.57. The topological polar surface area (TPSA) is 56.8 Å². The van der Waals surface area contributed by atoms with Gasteiger partial charge in [0, 0.05) is 50.8 Å². The number of hydrogen-bond donors (Lipinski definition) is 2. The van der Waals surface area contributed by atoms with Crippen LogP contribution in [0.25, 0.3) is 0 Å². The van der Waals surface area contributed by atoms with Crippen LogP contribution in [0.15, 0.2) is 24.3 Å². The molecule has 6 heteroatoms. The van der Waals surface area contributed by atoms with Gasteiger partial charge in [-0.15, -0.1) is 0 Å². The van der Waals surface area contributed by atoms with Gasteiger partial charge in [0.05, 0.1) is 19.8 Å². The number of hydrogen-bond acceptors (Lipinski definition) is 5. The smallest absolute Gasteiger partial charge is 0.234 e. The maximum absolute atomic E-state index is 12.6. The number of carbonyl (C=O) groups is 1. The number of nitrogens with one attached hydrogen (secondary N) is 2. The predicted molar refractivity (Wildman–Crippen MR) is 126 cm³/mol. The number of carbonyl (C=O) groups excluding carboxylic acids is 1. The Morgan fingerprint density at radius 3 is 2.42 bits per heavy atom. The van der Waals surface area contributed by atoms with Crippen LogP contribution in [0.4, 0.5) is 0 Å². The minimum absolute atomic E-state index is 0.0654. The highest BCUT2D eigenvalue weighted by Gasteiger charge is 2.30. The van der Waals surface area contributed by atoms with Crippen molar-refractivity contribution >= 4 is 5.91 Å². The maximum atomic E-state index is 12.6. The van der Waals surface area contributed by atoms with Crippen LogP contribution in [-0.4, -0.2) is 79.8 Å². The Hall–Kier alpha value is -1.47. The molecule has 2 aliphatic heterocycles. The summed E-state index contributed by atoms with van der Waals surface area (Å²) >= 11 is 0. The summed E-state index contributed by atoms with van der Waals surface area (Å²) in [4.78, 5) is 17.5. The lowest BCUT2D eigenvalue weighted by molar-refractivity contribution is -0.121. The average molecular weight is 431 g/mol. The molecule has 1 aromatic rings. The minimum atomic E-state index is -0.0654. The number of rotatable bonds is 8. The first kappa shape index (κ1) is 24.2. The van der Waals surface area contributed by atoms with Crippen LogP contribution in [0.3, 0.4) is 0 Å². The van der Waals surface area contributed by atoms with Crippen molar-refractivity contribution in [1.29, 1.82) is 0 Å². The summed E-state index contributed by atoms with van der Waals surface area (Å²) in [6.07, 6.45) is 1.10. The Kier molecular flexibility index (Phi) is 8.14. The molecule has 2 N–H and O–H groups in total. The highest BCUT2D eigenvalue weighted by molar-refractivity contribution is 5.78. The Morgan fingerprint density at radius 2 is 1.74 bits per heavy atom. The zero-order chi connectivity index (χ0) is 22.5. The van der Waals surface area contributed by atoms with E-state index in [0.29, 0.717) is 13.1 Å². The molecule has 0 bridgehead atoms. The molecule has 1 saturated heterocycles. The monoisotopic (exact) mass is 430 g/mol. The van der Waals surface area contributed by atoms with Crippen molar-refractivity contribution in [2.75, 3.05) is 52.5 Å². The molecule has 0 unspecified atom stereocenters. The van der Waals surface area contributed by atoms with Crippen LogP contribution in [0, 0.1) is 5.41 Å². The molecular formula is C25H42N4O2. The fraction of sp³-hybridized carbons (Fsp3) is 0.720. The third-order valence-electron chi connectivity index (χ3n) is 6.79. The van der Waals surface area contributed by atoms with Gasteiger partial charge in [-0.25, -0.2) is 0 Å². The molecule has 1 fully saturated rings. The summed E-state index contributed by atoms with van der Waals surface area (Å²) in [5.41, 5.74) is 2.92. The van der Waals surface area contributed by atoms with E-state index in [1.807, 2.05) is 0 Å². The van der Waals surface area contributed by atoms with Crippen molar-refractivity contribution in [3.05, 3.63) is 35.4 Å². The van der Waals surface area contributed by atoms with Crippen LogP contribution in [0.2, 0.25) is 0 Å². The van der Waals surface area contributed by atoms with Crippen molar-refractivity contribution in [1.82, 2.24) is 20.4 Å². The maximum Gasteiger partial charge on any atom is 0.234 e. The van der Waals surface area contributed by atoms with Crippen molar-refractivity contribution in [3.8, 4) is 0 Å².